The van der Waals surface area contributed by atoms with Gasteiger partial charge in [0.05, 0.1) is 24.4 Å². The summed E-state index contributed by atoms with van der Waals surface area (Å²) in [6.45, 7) is 2.76. The zero-order valence-corrected chi connectivity index (χ0v) is 9.13. The molecule has 1 rings (SSSR count). The summed E-state index contributed by atoms with van der Waals surface area (Å²) in [5, 5.41) is 2.53. The van der Waals surface area contributed by atoms with Crippen LogP contribution in [0.25, 0.3) is 0 Å². The van der Waals surface area contributed by atoms with Crippen LogP contribution < -0.4 is 11.1 Å². The van der Waals surface area contributed by atoms with Crippen LogP contribution in [0.5, 0.6) is 0 Å². The van der Waals surface area contributed by atoms with E-state index in [2.05, 4.69) is 5.32 Å². The van der Waals surface area contributed by atoms with Crippen molar-refractivity contribution in [3.8, 4) is 0 Å². The fraction of sp³-hybridized carbons (Fsp3) is 0.364. The fourth-order valence-electron chi connectivity index (χ4n) is 1.16. The van der Waals surface area contributed by atoms with Crippen molar-refractivity contribution in [2.45, 2.75) is 13.3 Å². The average Bonchev–Trinajstić information content (AvgIpc) is 2.24. The number of carbonyl (C=O) groups is 1. The third-order valence-corrected chi connectivity index (χ3v) is 1.97. The highest BCUT2D eigenvalue weighted by Gasteiger charge is 2.06. The van der Waals surface area contributed by atoms with Gasteiger partial charge in [-0.3, -0.25) is 4.79 Å². The van der Waals surface area contributed by atoms with E-state index >= 15 is 0 Å². The molecule has 16 heavy (non-hydrogen) atoms. The normalized spacial score (nSPS) is 10.1. The molecule has 0 aromatic heterocycles. The molecule has 0 radical (unpaired) electrons. The van der Waals surface area contributed by atoms with Crippen molar-refractivity contribution < 1.29 is 13.9 Å². The highest BCUT2D eigenvalue weighted by molar-refractivity contribution is 5.93. The topological polar surface area (TPSA) is 64.3 Å². The number of hydrogen-bond donors (Lipinski definition) is 2. The first kappa shape index (κ1) is 12.4. The number of nitrogen functional groups attached to an aromatic ring is 1. The van der Waals surface area contributed by atoms with Gasteiger partial charge in [0.2, 0.25) is 5.91 Å². The van der Waals surface area contributed by atoms with Crippen LogP contribution in [0.3, 0.4) is 0 Å². The molecule has 1 aromatic carbocycles. The second kappa shape index (κ2) is 6.07. The number of hydrogen-bond acceptors (Lipinski definition) is 3. The summed E-state index contributed by atoms with van der Waals surface area (Å²) in [6.07, 6.45) is 0.226. The Morgan fingerprint density at radius 3 is 3.00 bits per heavy atom. The maximum Gasteiger partial charge on any atom is 0.226 e. The Hall–Kier alpha value is -1.62. The zero-order chi connectivity index (χ0) is 12.0. The lowest BCUT2D eigenvalue weighted by Gasteiger charge is -2.08. The molecule has 0 spiro atoms. The van der Waals surface area contributed by atoms with Crippen molar-refractivity contribution in [3.05, 3.63) is 24.0 Å². The number of rotatable bonds is 5. The van der Waals surface area contributed by atoms with E-state index < -0.39 is 5.82 Å². The molecular weight excluding hydrogens is 211 g/mol. The lowest BCUT2D eigenvalue weighted by Crippen LogP contribution is -2.15. The number of nitrogens with two attached hydrogens (primary N) is 1. The quantitative estimate of drug-likeness (QED) is 0.594. The van der Waals surface area contributed by atoms with Crippen molar-refractivity contribution in [3.63, 3.8) is 0 Å². The molecule has 1 amide bonds. The number of amides is 1. The monoisotopic (exact) mass is 226 g/mol. The smallest absolute Gasteiger partial charge is 0.226 e. The molecular formula is C11H15FN2O2. The Bertz CT molecular complexity index is 369. The van der Waals surface area contributed by atoms with Crippen molar-refractivity contribution in [2.75, 3.05) is 24.3 Å². The molecule has 4 nitrogen and oxygen atoms in total. The molecule has 0 aliphatic rings. The molecule has 0 saturated carbocycles. The maximum atomic E-state index is 12.9. The van der Waals surface area contributed by atoms with Gasteiger partial charge in [-0.05, 0) is 25.1 Å². The fourth-order valence-corrected chi connectivity index (χ4v) is 1.16. The molecule has 88 valence electrons. The van der Waals surface area contributed by atoms with E-state index in [0.717, 1.165) is 0 Å². The summed E-state index contributed by atoms with van der Waals surface area (Å²) in [5.41, 5.74) is 6.21. The molecule has 0 fully saturated rings. The van der Waals surface area contributed by atoms with E-state index in [1.807, 2.05) is 6.92 Å². The summed E-state index contributed by atoms with van der Waals surface area (Å²) >= 11 is 0. The lowest BCUT2D eigenvalue weighted by molar-refractivity contribution is -0.117. The van der Waals surface area contributed by atoms with Crippen LogP contribution in [0, 0.1) is 5.82 Å². The molecule has 5 heteroatoms. The Labute approximate surface area is 93.6 Å². The second-order valence-electron chi connectivity index (χ2n) is 3.23. The van der Waals surface area contributed by atoms with Gasteiger partial charge in [0.15, 0.2) is 0 Å². The number of carbonyl (C=O) groups excluding carboxylic acids is 1. The predicted octanol–water partition coefficient (Wildman–Crippen LogP) is 1.77. The molecule has 0 aliphatic heterocycles. The zero-order valence-electron chi connectivity index (χ0n) is 9.13. The van der Waals surface area contributed by atoms with E-state index in [1.54, 1.807) is 0 Å². The van der Waals surface area contributed by atoms with E-state index in [0.29, 0.717) is 24.6 Å². The van der Waals surface area contributed by atoms with E-state index in [-0.39, 0.29) is 12.3 Å². The largest absolute Gasteiger partial charge is 0.397 e. The van der Waals surface area contributed by atoms with Crippen LogP contribution in [0.2, 0.25) is 0 Å². The van der Waals surface area contributed by atoms with Crippen molar-refractivity contribution >= 4 is 17.3 Å². The number of anilines is 2. The summed E-state index contributed by atoms with van der Waals surface area (Å²) in [7, 11) is 0. The summed E-state index contributed by atoms with van der Waals surface area (Å²) in [6, 6.07) is 3.84. The first-order valence-electron chi connectivity index (χ1n) is 5.06. The van der Waals surface area contributed by atoms with Gasteiger partial charge in [0, 0.05) is 6.61 Å². The average molecular weight is 226 g/mol. The Kier molecular flexibility index (Phi) is 4.72. The predicted molar refractivity (Wildman–Crippen MR) is 60.6 cm³/mol. The van der Waals surface area contributed by atoms with Crippen molar-refractivity contribution in [1.29, 1.82) is 0 Å². The molecule has 0 heterocycles. The van der Waals surface area contributed by atoms with Crippen LogP contribution in [0.15, 0.2) is 18.2 Å². The second-order valence-corrected chi connectivity index (χ2v) is 3.23. The van der Waals surface area contributed by atoms with Crippen LogP contribution >= 0.6 is 0 Å². The van der Waals surface area contributed by atoms with E-state index in [1.165, 1.54) is 18.2 Å². The Balaban J connectivity index is 2.52. The lowest BCUT2D eigenvalue weighted by atomic mass is 10.2. The summed E-state index contributed by atoms with van der Waals surface area (Å²) in [4.78, 5) is 11.4. The molecule has 0 saturated heterocycles. The summed E-state index contributed by atoms with van der Waals surface area (Å²) < 4.78 is 17.9. The van der Waals surface area contributed by atoms with Crippen LogP contribution in [-0.4, -0.2) is 19.1 Å². The highest BCUT2D eigenvalue weighted by atomic mass is 19.1. The van der Waals surface area contributed by atoms with E-state index in [9.17, 15) is 9.18 Å². The molecule has 3 N–H and O–H groups in total. The van der Waals surface area contributed by atoms with Gasteiger partial charge in [0.25, 0.3) is 0 Å². The first-order valence-corrected chi connectivity index (χ1v) is 5.06. The van der Waals surface area contributed by atoms with Gasteiger partial charge in [-0.25, -0.2) is 4.39 Å². The van der Waals surface area contributed by atoms with Gasteiger partial charge < -0.3 is 15.8 Å². The maximum absolute atomic E-state index is 12.9. The Morgan fingerprint density at radius 2 is 2.31 bits per heavy atom. The third kappa shape index (κ3) is 3.86. The highest BCUT2D eigenvalue weighted by Crippen LogP contribution is 2.19. The van der Waals surface area contributed by atoms with E-state index in [4.69, 9.17) is 10.5 Å². The SMILES string of the molecule is CCOCCC(=O)Nc1cc(F)ccc1N. The first-order chi connectivity index (χ1) is 7.63. The van der Waals surface area contributed by atoms with Crippen LogP contribution in [0.1, 0.15) is 13.3 Å². The minimum atomic E-state index is -0.436. The number of ether oxygens (including phenoxy) is 1. The van der Waals surface area contributed by atoms with Gasteiger partial charge in [-0.15, -0.1) is 0 Å². The number of halogens is 1. The molecule has 0 atom stereocenters. The minimum Gasteiger partial charge on any atom is -0.397 e. The molecule has 1 aromatic rings. The van der Waals surface area contributed by atoms with Gasteiger partial charge >= 0.3 is 0 Å². The third-order valence-electron chi connectivity index (χ3n) is 1.97. The minimum absolute atomic E-state index is 0.226. The van der Waals surface area contributed by atoms with Gasteiger partial charge in [0.1, 0.15) is 5.82 Å². The molecule has 0 unspecified atom stereocenters. The standard InChI is InChI=1S/C11H15FN2O2/c1-2-16-6-5-11(15)14-10-7-8(12)3-4-9(10)13/h3-4,7H,2,5-6,13H2,1H3,(H,14,15). The van der Waals surface area contributed by atoms with Crippen molar-refractivity contribution in [1.82, 2.24) is 0 Å². The van der Waals surface area contributed by atoms with Crippen LogP contribution in [0.4, 0.5) is 15.8 Å². The van der Waals surface area contributed by atoms with Gasteiger partial charge in [-0.1, -0.05) is 0 Å². The number of benzene rings is 1. The molecule has 0 aliphatic carbocycles. The number of nitrogens with one attached hydrogen (secondary N) is 1. The summed E-state index contributed by atoms with van der Waals surface area (Å²) in [5.74, 6) is -0.681. The Morgan fingerprint density at radius 1 is 1.56 bits per heavy atom. The van der Waals surface area contributed by atoms with Crippen LogP contribution in [-0.2, 0) is 9.53 Å². The molecule has 0 bridgehead atoms. The van der Waals surface area contributed by atoms with Gasteiger partial charge in [-0.2, -0.15) is 0 Å². The van der Waals surface area contributed by atoms with Crippen molar-refractivity contribution in [2.24, 2.45) is 0 Å².